The zero-order valence-corrected chi connectivity index (χ0v) is 11.2. The lowest BCUT2D eigenvalue weighted by Gasteiger charge is -2.37. The molecule has 1 heterocycles. The first-order valence-corrected chi connectivity index (χ1v) is 6.42. The van der Waals surface area contributed by atoms with E-state index < -0.39 is 11.4 Å². The number of aromatic nitrogens is 1. The van der Waals surface area contributed by atoms with Crippen molar-refractivity contribution < 1.29 is 9.90 Å². The third-order valence-corrected chi connectivity index (χ3v) is 3.84. The highest BCUT2D eigenvalue weighted by molar-refractivity contribution is 9.10. The normalized spacial score (nSPS) is 17.3. The van der Waals surface area contributed by atoms with E-state index in [1.54, 1.807) is 6.20 Å². The van der Waals surface area contributed by atoms with Crippen LogP contribution in [0, 0.1) is 12.3 Å². The molecule has 0 radical (unpaired) electrons. The smallest absolute Gasteiger partial charge is 0.311 e. The molecule has 1 saturated carbocycles. The molecule has 0 unspecified atom stereocenters. The molecular formula is C12H15BrN2O2. The first-order chi connectivity index (χ1) is 8.03. The van der Waals surface area contributed by atoms with Gasteiger partial charge < -0.3 is 10.4 Å². The second-order valence-electron chi connectivity index (χ2n) is 4.61. The molecule has 0 saturated heterocycles. The number of hydrogen-bond donors (Lipinski definition) is 2. The van der Waals surface area contributed by atoms with E-state index in [0.717, 1.165) is 35.1 Å². The second kappa shape index (κ2) is 4.64. The topological polar surface area (TPSA) is 62.2 Å². The summed E-state index contributed by atoms with van der Waals surface area (Å²) in [6, 6.07) is 1.96. The van der Waals surface area contributed by atoms with Crippen LogP contribution >= 0.6 is 15.9 Å². The number of carboxylic acids is 1. The minimum absolute atomic E-state index is 0.456. The van der Waals surface area contributed by atoms with E-state index >= 15 is 0 Å². The number of nitrogens with one attached hydrogen (secondary N) is 1. The largest absolute Gasteiger partial charge is 0.481 e. The van der Waals surface area contributed by atoms with Gasteiger partial charge in [-0.1, -0.05) is 6.42 Å². The summed E-state index contributed by atoms with van der Waals surface area (Å²) in [5.74, 6) is 0.0618. The summed E-state index contributed by atoms with van der Waals surface area (Å²) in [4.78, 5) is 15.4. The standard InChI is InChI=1S/C12H15BrN2O2/c1-8-5-9(13)6-14-10(8)15-7-12(11(16)17)3-2-4-12/h5-6H,2-4,7H2,1H3,(H,14,15)(H,16,17). The molecule has 2 N–H and O–H groups in total. The van der Waals surface area contributed by atoms with Crippen LogP contribution in [-0.4, -0.2) is 22.6 Å². The minimum Gasteiger partial charge on any atom is -0.481 e. The van der Waals surface area contributed by atoms with E-state index in [1.165, 1.54) is 0 Å². The number of carboxylic acid groups (broad SMARTS) is 1. The monoisotopic (exact) mass is 298 g/mol. The molecule has 1 aliphatic carbocycles. The van der Waals surface area contributed by atoms with E-state index in [2.05, 4.69) is 26.2 Å². The summed E-state index contributed by atoms with van der Waals surface area (Å²) in [5.41, 5.74) is 0.431. The molecule has 92 valence electrons. The van der Waals surface area contributed by atoms with Crippen LogP contribution in [0.4, 0.5) is 5.82 Å². The summed E-state index contributed by atoms with van der Waals surface area (Å²) in [6.45, 7) is 2.41. The molecule has 1 aliphatic rings. The van der Waals surface area contributed by atoms with Gasteiger partial charge in [0.15, 0.2) is 0 Å². The second-order valence-corrected chi connectivity index (χ2v) is 5.53. The number of rotatable bonds is 4. The molecule has 4 nitrogen and oxygen atoms in total. The van der Waals surface area contributed by atoms with E-state index in [9.17, 15) is 9.90 Å². The molecule has 0 aliphatic heterocycles. The number of pyridine rings is 1. The summed E-state index contributed by atoms with van der Waals surface area (Å²) in [5, 5.41) is 12.4. The Morgan fingerprint density at radius 1 is 1.65 bits per heavy atom. The zero-order valence-electron chi connectivity index (χ0n) is 9.66. The van der Waals surface area contributed by atoms with Gasteiger partial charge in [0.1, 0.15) is 5.82 Å². The van der Waals surface area contributed by atoms with Gasteiger partial charge in [-0.2, -0.15) is 0 Å². The van der Waals surface area contributed by atoms with Crippen LogP contribution < -0.4 is 5.32 Å². The van der Waals surface area contributed by atoms with Gasteiger partial charge in [-0.15, -0.1) is 0 Å². The first-order valence-electron chi connectivity index (χ1n) is 5.63. The molecule has 0 atom stereocenters. The first kappa shape index (κ1) is 12.4. The van der Waals surface area contributed by atoms with Crippen LogP contribution in [0.2, 0.25) is 0 Å². The van der Waals surface area contributed by atoms with Gasteiger partial charge in [-0.3, -0.25) is 4.79 Å². The minimum atomic E-state index is -0.703. The van der Waals surface area contributed by atoms with Crippen molar-refractivity contribution in [2.45, 2.75) is 26.2 Å². The Labute approximate surface area is 109 Å². The highest BCUT2D eigenvalue weighted by Gasteiger charge is 2.44. The molecule has 1 aromatic rings. The van der Waals surface area contributed by atoms with Crippen molar-refractivity contribution in [2.24, 2.45) is 5.41 Å². The Kier molecular flexibility index (Phi) is 3.38. The van der Waals surface area contributed by atoms with Crippen molar-refractivity contribution in [1.29, 1.82) is 0 Å². The number of aliphatic carboxylic acids is 1. The van der Waals surface area contributed by atoms with E-state index in [0.29, 0.717) is 6.54 Å². The molecule has 1 aromatic heterocycles. The fourth-order valence-corrected chi connectivity index (χ4v) is 2.49. The van der Waals surface area contributed by atoms with Gasteiger partial charge in [0, 0.05) is 17.2 Å². The molecule has 0 aromatic carbocycles. The molecular weight excluding hydrogens is 284 g/mol. The maximum absolute atomic E-state index is 11.2. The van der Waals surface area contributed by atoms with Gasteiger partial charge in [0.05, 0.1) is 5.41 Å². The summed E-state index contributed by atoms with van der Waals surface area (Å²) >= 11 is 3.35. The molecule has 0 amide bonds. The Hall–Kier alpha value is -1.10. The summed E-state index contributed by atoms with van der Waals surface area (Å²) < 4.78 is 0.928. The van der Waals surface area contributed by atoms with Crippen LogP contribution in [0.25, 0.3) is 0 Å². The van der Waals surface area contributed by atoms with Gasteiger partial charge in [0.25, 0.3) is 0 Å². The maximum Gasteiger partial charge on any atom is 0.311 e. The molecule has 17 heavy (non-hydrogen) atoms. The predicted octanol–water partition coefficient (Wildman–Crippen LogP) is 2.82. The van der Waals surface area contributed by atoms with Crippen molar-refractivity contribution in [1.82, 2.24) is 4.98 Å². The Bertz CT molecular complexity index is 444. The maximum atomic E-state index is 11.2. The van der Waals surface area contributed by atoms with Gasteiger partial charge in [-0.05, 0) is 47.3 Å². The van der Waals surface area contributed by atoms with Crippen molar-refractivity contribution in [2.75, 3.05) is 11.9 Å². The highest BCUT2D eigenvalue weighted by Crippen LogP contribution is 2.41. The molecule has 2 rings (SSSR count). The van der Waals surface area contributed by atoms with E-state index in [4.69, 9.17) is 0 Å². The van der Waals surface area contributed by atoms with Crippen LogP contribution in [0.1, 0.15) is 24.8 Å². The fraction of sp³-hybridized carbons (Fsp3) is 0.500. The number of nitrogens with zero attached hydrogens (tertiary/aromatic N) is 1. The predicted molar refractivity (Wildman–Crippen MR) is 69.1 cm³/mol. The van der Waals surface area contributed by atoms with Crippen LogP contribution in [0.15, 0.2) is 16.7 Å². The van der Waals surface area contributed by atoms with E-state index in [-0.39, 0.29) is 0 Å². The lowest BCUT2D eigenvalue weighted by molar-refractivity contribution is -0.153. The molecule has 5 heteroatoms. The van der Waals surface area contributed by atoms with Crippen molar-refractivity contribution in [3.05, 3.63) is 22.3 Å². The third-order valence-electron chi connectivity index (χ3n) is 3.40. The van der Waals surface area contributed by atoms with Crippen LogP contribution in [0.3, 0.4) is 0 Å². The van der Waals surface area contributed by atoms with Crippen LogP contribution in [0.5, 0.6) is 0 Å². The lowest BCUT2D eigenvalue weighted by Crippen LogP contribution is -2.43. The van der Waals surface area contributed by atoms with E-state index in [1.807, 2.05) is 13.0 Å². The highest BCUT2D eigenvalue weighted by atomic mass is 79.9. The van der Waals surface area contributed by atoms with Crippen molar-refractivity contribution in [3.8, 4) is 0 Å². The fourth-order valence-electron chi connectivity index (χ4n) is 2.05. The van der Waals surface area contributed by atoms with Crippen molar-refractivity contribution in [3.63, 3.8) is 0 Å². The average molecular weight is 299 g/mol. The lowest BCUT2D eigenvalue weighted by atomic mass is 9.69. The van der Waals surface area contributed by atoms with Gasteiger partial charge in [0.2, 0.25) is 0 Å². The molecule has 1 fully saturated rings. The summed E-state index contributed by atoms with van der Waals surface area (Å²) in [7, 11) is 0. The Balaban J connectivity index is 2.04. The number of aryl methyl sites for hydroxylation is 1. The quantitative estimate of drug-likeness (QED) is 0.897. The van der Waals surface area contributed by atoms with Gasteiger partial charge >= 0.3 is 5.97 Å². The molecule has 0 spiro atoms. The van der Waals surface area contributed by atoms with Gasteiger partial charge in [-0.25, -0.2) is 4.98 Å². The average Bonchev–Trinajstić information content (AvgIpc) is 2.18. The Morgan fingerprint density at radius 3 is 2.82 bits per heavy atom. The SMILES string of the molecule is Cc1cc(Br)cnc1NCC1(C(=O)O)CCC1. The molecule has 0 bridgehead atoms. The van der Waals surface area contributed by atoms with Crippen molar-refractivity contribution >= 4 is 27.7 Å². The summed E-state index contributed by atoms with van der Waals surface area (Å²) in [6.07, 6.45) is 4.22. The number of hydrogen-bond acceptors (Lipinski definition) is 3. The van der Waals surface area contributed by atoms with Crippen LogP contribution in [-0.2, 0) is 4.79 Å². The number of halogens is 1. The number of carbonyl (C=O) groups is 1. The third kappa shape index (κ3) is 2.44. The number of anilines is 1. The zero-order chi connectivity index (χ0) is 12.5. The Morgan fingerprint density at radius 2 is 2.35 bits per heavy atom.